The van der Waals surface area contributed by atoms with Crippen LogP contribution in [0.1, 0.15) is 16.1 Å². The normalized spacial score (nSPS) is 8.50. The van der Waals surface area contributed by atoms with Gasteiger partial charge in [-0.05, 0) is 5.69 Å². The molecule has 0 saturated heterocycles. The monoisotopic (exact) mass is 149 g/mol. The molecule has 0 aliphatic heterocycles. The molecular weight excluding hydrogens is 145 g/mol. The predicted octanol–water partition coefficient (Wildman–Crippen LogP) is -2.05. The van der Waals surface area contributed by atoms with Gasteiger partial charge in [-0.3, -0.25) is 4.37 Å². The molecule has 0 amide bonds. The minimum atomic E-state index is -0.957. The smallest absolute Gasteiger partial charge is 0.535 e. The Labute approximate surface area is 74.4 Å². The molecule has 0 aliphatic rings. The van der Waals surface area contributed by atoms with Gasteiger partial charge in [0, 0.05) is 0 Å². The Hall–Kier alpha value is -0.303. The molecule has 0 aliphatic carbocycles. The Bertz CT molecular complexity index is 235. The summed E-state index contributed by atoms with van der Waals surface area (Å²) in [4.78, 5) is 10.2. The fourth-order valence-corrected chi connectivity index (χ4v) is 1.06. The fraction of sp³-hybridized carbons (Fsp3) is 0.200. The van der Waals surface area contributed by atoms with Crippen molar-refractivity contribution in [1.82, 2.24) is 4.37 Å². The van der Waals surface area contributed by atoms with Crippen LogP contribution in [0.15, 0.2) is 0 Å². The van der Waals surface area contributed by atoms with Crippen LogP contribution in [0, 0.1) is 12.3 Å². The van der Waals surface area contributed by atoms with Gasteiger partial charge >= 0.3 is 18.9 Å². The molecule has 1 aromatic rings. The SMILES string of the molecule is Cc1ns[c-]c1C(=O)O.[Li+]. The molecule has 1 N–H and O–H groups in total. The van der Waals surface area contributed by atoms with Gasteiger partial charge in [-0.2, -0.15) is 0 Å². The van der Waals surface area contributed by atoms with Gasteiger partial charge in [0.15, 0.2) is 0 Å². The first-order valence-corrected chi connectivity index (χ1v) is 3.06. The van der Waals surface area contributed by atoms with E-state index in [2.05, 4.69) is 9.75 Å². The van der Waals surface area contributed by atoms with Crippen molar-refractivity contribution >= 4 is 17.5 Å². The Morgan fingerprint density at radius 2 is 2.40 bits per heavy atom. The van der Waals surface area contributed by atoms with Gasteiger partial charge < -0.3 is 9.90 Å². The maximum atomic E-state index is 10.2. The van der Waals surface area contributed by atoms with Crippen LogP contribution >= 0.6 is 11.5 Å². The van der Waals surface area contributed by atoms with Crippen LogP contribution in [0.4, 0.5) is 0 Å². The second-order valence-corrected chi connectivity index (χ2v) is 2.12. The number of carbonyl (C=O) groups is 1. The van der Waals surface area contributed by atoms with Crippen molar-refractivity contribution in [3.63, 3.8) is 0 Å². The molecule has 0 radical (unpaired) electrons. The van der Waals surface area contributed by atoms with E-state index in [0.717, 1.165) is 11.5 Å². The molecule has 1 rings (SSSR count). The van der Waals surface area contributed by atoms with Gasteiger partial charge in [-0.15, -0.1) is 11.5 Å². The zero-order valence-corrected chi connectivity index (χ0v) is 6.53. The van der Waals surface area contributed by atoms with Gasteiger partial charge in [-0.1, -0.05) is 17.9 Å². The molecule has 0 saturated carbocycles. The maximum absolute atomic E-state index is 10.2. The van der Waals surface area contributed by atoms with Crippen molar-refractivity contribution in [1.29, 1.82) is 0 Å². The number of hydrogen-bond acceptors (Lipinski definition) is 3. The number of carboxylic acids is 1. The summed E-state index contributed by atoms with van der Waals surface area (Å²) in [5.41, 5.74) is 0.715. The standard InChI is InChI=1S/C5H4NO2S.Li/c1-3-4(5(7)8)2-9-6-3;/h1H3,(H,7,8);/q-1;+1. The van der Waals surface area contributed by atoms with Gasteiger partial charge in [0.1, 0.15) is 0 Å². The van der Waals surface area contributed by atoms with Crippen molar-refractivity contribution < 1.29 is 28.8 Å². The van der Waals surface area contributed by atoms with E-state index in [4.69, 9.17) is 5.11 Å². The first-order chi connectivity index (χ1) is 4.22. The summed E-state index contributed by atoms with van der Waals surface area (Å²) in [6.45, 7) is 1.65. The molecule has 1 heterocycles. The van der Waals surface area contributed by atoms with Gasteiger partial charge in [-0.25, -0.2) is 0 Å². The van der Waals surface area contributed by atoms with E-state index < -0.39 is 5.97 Å². The van der Waals surface area contributed by atoms with Crippen LogP contribution in [0.3, 0.4) is 0 Å². The average molecular weight is 149 g/mol. The number of aromatic carboxylic acids is 1. The third kappa shape index (κ3) is 1.84. The van der Waals surface area contributed by atoms with Crippen molar-refractivity contribution in [2.24, 2.45) is 0 Å². The molecule has 0 bridgehead atoms. The summed E-state index contributed by atoms with van der Waals surface area (Å²) < 4.78 is 3.74. The molecule has 5 heteroatoms. The number of hydrogen-bond donors (Lipinski definition) is 1. The van der Waals surface area contributed by atoms with Crippen LogP contribution in [0.5, 0.6) is 0 Å². The van der Waals surface area contributed by atoms with Crippen molar-refractivity contribution in [2.75, 3.05) is 0 Å². The van der Waals surface area contributed by atoms with E-state index in [1.807, 2.05) is 0 Å². The van der Waals surface area contributed by atoms with Crippen LogP contribution in [-0.4, -0.2) is 15.4 Å². The summed E-state index contributed by atoms with van der Waals surface area (Å²) in [5.74, 6) is -0.957. The number of nitrogens with zero attached hydrogens (tertiary/aromatic N) is 1. The average Bonchev–Trinajstić information content (AvgIpc) is 2.13. The summed E-state index contributed by atoms with van der Waals surface area (Å²) in [5, 5.41) is 10.9. The van der Waals surface area contributed by atoms with Gasteiger partial charge in [0.05, 0.1) is 0 Å². The van der Waals surface area contributed by atoms with E-state index in [1.54, 1.807) is 6.92 Å². The minimum Gasteiger partial charge on any atom is -0.535 e. The van der Waals surface area contributed by atoms with Crippen LogP contribution < -0.4 is 18.9 Å². The Kier molecular flexibility index (Phi) is 3.65. The Morgan fingerprint density at radius 1 is 1.80 bits per heavy atom. The summed E-state index contributed by atoms with van der Waals surface area (Å²) in [7, 11) is 0. The van der Waals surface area contributed by atoms with Crippen LogP contribution in [0.2, 0.25) is 0 Å². The Balaban J connectivity index is 0.000000810. The van der Waals surface area contributed by atoms with Crippen LogP contribution in [-0.2, 0) is 0 Å². The molecule has 1 aromatic heterocycles. The first kappa shape index (κ1) is 9.70. The van der Waals surface area contributed by atoms with Crippen LogP contribution in [0.25, 0.3) is 0 Å². The van der Waals surface area contributed by atoms with Crippen molar-refractivity contribution in [3.8, 4) is 0 Å². The first-order valence-electron chi connectivity index (χ1n) is 2.29. The molecule has 3 nitrogen and oxygen atoms in total. The summed E-state index contributed by atoms with van der Waals surface area (Å²) >= 11 is 1.04. The molecule has 0 spiro atoms. The minimum absolute atomic E-state index is 0. The van der Waals surface area contributed by atoms with Gasteiger partial charge in [0.25, 0.3) is 0 Å². The topological polar surface area (TPSA) is 50.2 Å². The van der Waals surface area contributed by atoms with Crippen molar-refractivity contribution in [2.45, 2.75) is 6.92 Å². The second kappa shape index (κ2) is 3.77. The van der Waals surface area contributed by atoms with E-state index in [9.17, 15) is 4.79 Å². The molecule has 0 fully saturated rings. The number of carboxylic acid groups (broad SMARTS) is 1. The summed E-state index contributed by atoms with van der Waals surface area (Å²) in [6, 6.07) is 0. The molecular formula is C5H4LiNO2S. The van der Waals surface area contributed by atoms with E-state index in [1.165, 1.54) is 0 Å². The van der Waals surface area contributed by atoms with E-state index >= 15 is 0 Å². The molecule has 0 atom stereocenters. The number of aromatic nitrogens is 1. The zero-order valence-electron chi connectivity index (χ0n) is 5.71. The summed E-state index contributed by atoms with van der Waals surface area (Å²) in [6.07, 6.45) is 0. The number of rotatable bonds is 1. The van der Waals surface area contributed by atoms with E-state index in [0.29, 0.717) is 5.69 Å². The molecule has 10 heavy (non-hydrogen) atoms. The quantitative estimate of drug-likeness (QED) is 0.369. The molecule has 0 unspecified atom stereocenters. The van der Waals surface area contributed by atoms with Crippen molar-refractivity contribution in [3.05, 3.63) is 16.6 Å². The third-order valence-corrected chi connectivity index (χ3v) is 1.57. The second-order valence-electron chi connectivity index (χ2n) is 1.55. The van der Waals surface area contributed by atoms with E-state index in [-0.39, 0.29) is 24.4 Å². The molecule has 48 valence electrons. The van der Waals surface area contributed by atoms with Gasteiger partial charge in [0.2, 0.25) is 5.97 Å². The zero-order chi connectivity index (χ0) is 6.85. The Morgan fingerprint density at radius 3 is 2.60 bits per heavy atom. The predicted molar refractivity (Wildman–Crippen MR) is 32.6 cm³/mol. The number of aryl methyl sites for hydroxylation is 1. The molecule has 0 aromatic carbocycles. The maximum Gasteiger partial charge on any atom is 1.00 e. The fourth-order valence-electron chi connectivity index (χ4n) is 0.455. The largest absolute Gasteiger partial charge is 1.00 e. The third-order valence-electron chi connectivity index (χ3n) is 0.906.